The lowest BCUT2D eigenvalue weighted by molar-refractivity contribution is 0.178. The molecule has 0 radical (unpaired) electrons. The van der Waals surface area contributed by atoms with Gasteiger partial charge in [0, 0.05) is 32.5 Å². The maximum absolute atomic E-state index is 5.68. The molecule has 0 amide bonds. The molecule has 0 saturated carbocycles. The Hall–Kier alpha value is -2.15. The van der Waals surface area contributed by atoms with Gasteiger partial charge in [-0.25, -0.2) is 9.97 Å². The average Bonchev–Trinajstić information content (AvgIpc) is 2.63. The van der Waals surface area contributed by atoms with Crippen LogP contribution in [0.5, 0.6) is 0 Å². The molecule has 0 aliphatic heterocycles. The molecule has 7 heteroatoms. The maximum atomic E-state index is 5.68. The van der Waals surface area contributed by atoms with Crippen molar-refractivity contribution in [3.8, 4) is 0 Å². The van der Waals surface area contributed by atoms with Crippen molar-refractivity contribution in [3.63, 3.8) is 0 Å². The van der Waals surface area contributed by atoms with Crippen LogP contribution in [-0.2, 0) is 18.4 Å². The molecule has 0 aliphatic carbocycles. The summed E-state index contributed by atoms with van der Waals surface area (Å²) in [5.74, 6) is 2.23. The predicted octanol–water partition coefficient (Wildman–Crippen LogP) is 0.682. The standard InChI is InChI=1S/C10H14N6O/c1-16-4-3-8(15-16)13-9-5-7(11)12-10(14-9)6-17-2/h3-5H,6H2,1-2H3,(H3,11,12,13,14,15). The zero-order valence-electron chi connectivity index (χ0n) is 9.71. The van der Waals surface area contributed by atoms with E-state index in [2.05, 4.69) is 20.4 Å². The summed E-state index contributed by atoms with van der Waals surface area (Å²) in [6, 6.07) is 3.49. The molecule has 0 fully saturated rings. The second-order valence-electron chi connectivity index (χ2n) is 3.53. The first-order valence-corrected chi connectivity index (χ1v) is 5.06. The van der Waals surface area contributed by atoms with Crippen LogP contribution in [0.4, 0.5) is 17.5 Å². The topological polar surface area (TPSA) is 90.9 Å². The lowest BCUT2D eigenvalue weighted by atomic mass is 10.4. The molecule has 90 valence electrons. The third-order valence-electron chi connectivity index (χ3n) is 2.04. The van der Waals surface area contributed by atoms with E-state index in [4.69, 9.17) is 10.5 Å². The van der Waals surface area contributed by atoms with Gasteiger partial charge < -0.3 is 15.8 Å². The van der Waals surface area contributed by atoms with Gasteiger partial charge in [-0.15, -0.1) is 0 Å². The highest BCUT2D eigenvalue weighted by atomic mass is 16.5. The number of hydrogen-bond acceptors (Lipinski definition) is 6. The van der Waals surface area contributed by atoms with Crippen molar-refractivity contribution in [2.75, 3.05) is 18.2 Å². The molecule has 0 bridgehead atoms. The van der Waals surface area contributed by atoms with Crippen LogP contribution in [0.1, 0.15) is 5.82 Å². The molecule has 0 atom stereocenters. The van der Waals surface area contributed by atoms with Gasteiger partial charge in [0.1, 0.15) is 18.2 Å². The van der Waals surface area contributed by atoms with E-state index in [-0.39, 0.29) is 0 Å². The summed E-state index contributed by atoms with van der Waals surface area (Å²) in [6.45, 7) is 0.321. The summed E-state index contributed by atoms with van der Waals surface area (Å²) in [7, 11) is 3.42. The Bertz CT molecular complexity index is 509. The van der Waals surface area contributed by atoms with E-state index in [9.17, 15) is 0 Å². The number of aromatic nitrogens is 4. The summed E-state index contributed by atoms with van der Waals surface area (Å²) in [6.07, 6.45) is 1.84. The second kappa shape index (κ2) is 4.79. The molecule has 2 heterocycles. The van der Waals surface area contributed by atoms with Crippen LogP contribution in [0.2, 0.25) is 0 Å². The number of rotatable bonds is 4. The van der Waals surface area contributed by atoms with E-state index in [1.807, 2.05) is 19.3 Å². The Morgan fingerprint density at radius 3 is 2.88 bits per heavy atom. The minimum atomic E-state index is 0.321. The third-order valence-corrected chi connectivity index (χ3v) is 2.04. The van der Waals surface area contributed by atoms with E-state index in [1.165, 1.54) is 0 Å². The van der Waals surface area contributed by atoms with Crippen molar-refractivity contribution in [2.45, 2.75) is 6.61 Å². The molecule has 7 nitrogen and oxygen atoms in total. The van der Waals surface area contributed by atoms with Crippen LogP contribution >= 0.6 is 0 Å². The molecule has 2 rings (SSSR count). The predicted molar refractivity (Wildman–Crippen MR) is 63.6 cm³/mol. The van der Waals surface area contributed by atoms with E-state index < -0.39 is 0 Å². The fourth-order valence-electron chi connectivity index (χ4n) is 1.39. The summed E-state index contributed by atoms with van der Waals surface area (Å²) >= 11 is 0. The van der Waals surface area contributed by atoms with Crippen LogP contribution in [0, 0.1) is 0 Å². The summed E-state index contributed by atoms with van der Waals surface area (Å²) in [5, 5.41) is 7.23. The van der Waals surface area contributed by atoms with Crippen LogP contribution in [0.25, 0.3) is 0 Å². The first kappa shape index (κ1) is 11.3. The van der Waals surface area contributed by atoms with Crippen molar-refractivity contribution in [2.24, 2.45) is 7.05 Å². The highest BCUT2D eigenvalue weighted by Crippen LogP contribution is 2.14. The highest BCUT2D eigenvalue weighted by molar-refractivity contribution is 5.54. The van der Waals surface area contributed by atoms with Gasteiger partial charge in [0.05, 0.1) is 0 Å². The van der Waals surface area contributed by atoms with Crippen LogP contribution < -0.4 is 11.1 Å². The molecule has 0 saturated heterocycles. The molecular weight excluding hydrogens is 220 g/mol. The van der Waals surface area contributed by atoms with Gasteiger partial charge in [-0.3, -0.25) is 4.68 Å². The number of nitrogens with zero attached hydrogens (tertiary/aromatic N) is 4. The Kier molecular flexibility index (Phi) is 3.20. The van der Waals surface area contributed by atoms with Gasteiger partial charge in [0.15, 0.2) is 11.6 Å². The van der Waals surface area contributed by atoms with Gasteiger partial charge >= 0.3 is 0 Å². The van der Waals surface area contributed by atoms with Crippen molar-refractivity contribution >= 4 is 17.5 Å². The Morgan fingerprint density at radius 2 is 2.24 bits per heavy atom. The Morgan fingerprint density at radius 1 is 1.41 bits per heavy atom. The van der Waals surface area contributed by atoms with Crippen LogP contribution in [-0.4, -0.2) is 26.9 Å². The Labute approximate surface area is 98.6 Å². The lowest BCUT2D eigenvalue weighted by Crippen LogP contribution is -2.04. The van der Waals surface area contributed by atoms with Crippen LogP contribution in [0.15, 0.2) is 18.3 Å². The zero-order valence-corrected chi connectivity index (χ0v) is 9.71. The fraction of sp³-hybridized carbons (Fsp3) is 0.300. The molecule has 0 aromatic carbocycles. The number of ether oxygens (including phenoxy) is 1. The highest BCUT2D eigenvalue weighted by Gasteiger charge is 2.04. The summed E-state index contributed by atoms with van der Waals surface area (Å²) in [5.41, 5.74) is 5.68. The van der Waals surface area contributed by atoms with Crippen molar-refractivity contribution in [1.82, 2.24) is 19.7 Å². The number of nitrogens with one attached hydrogen (secondary N) is 1. The molecule has 2 aromatic heterocycles. The van der Waals surface area contributed by atoms with E-state index in [0.717, 1.165) is 0 Å². The van der Waals surface area contributed by atoms with Crippen molar-refractivity contribution in [1.29, 1.82) is 0 Å². The first-order valence-electron chi connectivity index (χ1n) is 5.06. The number of nitrogens with two attached hydrogens (primary N) is 1. The van der Waals surface area contributed by atoms with Gasteiger partial charge in [-0.05, 0) is 0 Å². The maximum Gasteiger partial charge on any atom is 0.158 e. The first-order chi connectivity index (χ1) is 8.17. The third kappa shape index (κ3) is 2.91. The molecule has 3 N–H and O–H groups in total. The van der Waals surface area contributed by atoms with E-state index >= 15 is 0 Å². The molecule has 0 aliphatic rings. The van der Waals surface area contributed by atoms with Gasteiger partial charge in [0.2, 0.25) is 0 Å². The van der Waals surface area contributed by atoms with Crippen molar-refractivity contribution in [3.05, 3.63) is 24.2 Å². The van der Waals surface area contributed by atoms with E-state index in [1.54, 1.807) is 17.9 Å². The number of methoxy groups -OCH3 is 1. The van der Waals surface area contributed by atoms with Gasteiger partial charge in [-0.1, -0.05) is 0 Å². The minimum absolute atomic E-state index is 0.321. The molecule has 17 heavy (non-hydrogen) atoms. The summed E-state index contributed by atoms with van der Waals surface area (Å²) < 4.78 is 6.66. The van der Waals surface area contributed by atoms with Gasteiger partial charge in [0.25, 0.3) is 0 Å². The molecular formula is C10H14N6O. The average molecular weight is 234 g/mol. The number of aryl methyl sites for hydroxylation is 1. The number of anilines is 3. The fourth-order valence-corrected chi connectivity index (χ4v) is 1.39. The monoisotopic (exact) mass is 234 g/mol. The largest absolute Gasteiger partial charge is 0.384 e. The van der Waals surface area contributed by atoms with Gasteiger partial charge in [-0.2, -0.15) is 5.10 Å². The number of hydrogen-bond donors (Lipinski definition) is 2. The normalized spacial score (nSPS) is 10.5. The Balaban J connectivity index is 2.20. The molecule has 0 spiro atoms. The quantitative estimate of drug-likeness (QED) is 0.808. The SMILES string of the molecule is COCc1nc(N)cc(Nc2ccn(C)n2)n1. The smallest absolute Gasteiger partial charge is 0.158 e. The van der Waals surface area contributed by atoms with Crippen LogP contribution in [0.3, 0.4) is 0 Å². The second-order valence-corrected chi connectivity index (χ2v) is 3.53. The molecule has 0 unspecified atom stereocenters. The van der Waals surface area contributed by atoms with E-state index in [0.29, 0.717) is 29.9 Å². The molecule has 2 aromatic rings. The summed E-state index contributed by atoms with van der Waals surface area (Å²) in [4.78, 5) is 8.30. The zero-order chi connectivity index (χ0) is 12.3. The lowest BCUT2D eigenvalue weighted by Gasteiger charge is -2.05. The van der Waals surface area contributed by atoms with Crippen molar-refractivity contribution < 1.29 is 4.74 Å². The minimum Gasteiger partial charge on any atom is -0.384 e. The number of nitrogen functional groups attached to an aromatic ring is 1.